The van der Waals surface area contributed by atoms with E-state index < -0.39 is 33.7 Å². The van der Waals surface area contributed by atoms with Gasteiger partial charge in [-0.1, -0.05) is 23.7 Å². The van der Waals surface area contributed by atoms with Crippen LogP contribution in [-0.4, -0.2) is 37.9 Å². The van der Waals surface area contributed by atoms with Crippen LogP contribution in [0.4, 0.5) is 17.6 Å². The number of hydrogen-bond acceptors (Lipinski definition) is 7. The monoisotopic (exact) mass is 492 g/mol. The predicted octanol–water partition coefficient (Wildman–Crippen LogP) is 1.86. The van der Waals surface area contributed by atoms with Crippen molar-refractivity contribution in [1.82, 2.24) is 15.2 Å². The zero-order valence-electron chi connectivity index (χ0n) is 16.1. The van der Waals surface area contributed by atoms with Crippen molar-refractivity contribution in [2.24, 2.45) is 16.5 Å². The number of sulfonamides is 1. The minimum Gasteiger partial charge on any atom is -0.369 e. The van der Waals surface area contributed by atoms with Crippen LogP contribution >= 0.6 is 11.6 Å². The van der Waals surface area contributed by atoms with Gasteiger partial charge in [-0.05, 0) is 29.8 Å². The highest BCUT2D eigenvalue weighted by atomic mass is 35.5. The van der Waals surface area contributed by atoms with Gasteiger partial charge in [0.15, 0.2) is 0 Å². The maximum atomic E-state index is 13.9. The Morgan fingerprint density at radius 1 is 1.19 bits per heavy atom. The van der Waals surface area contributed by atoms with Crippen molar-refractivity contribution in [1.29, 1.82) is 0 Å². The van der Waals surface area contributed by atoms with Crippen molar-refractivity contribution in [2.45, 2.75) is 23.0 Å². The van der Waals surface area contributed by atoms with Gasteiger partial charge in [0.1, 0.15) is 6.17 Å². The van der Waals surface area contributed by atoms with Gasteiger partial charge < -0.3 is 5.73 Å². The summed E-state index contributed by atoms with van der Waals surface area (Å²) >= 11 is 6.23. The molecule has 0 spiro atoms. The Bertz CT molecular complexity index is 1200. The normalized spacial score (nSPS) is 22.4. The van der Waals surface area contributed by atoms with E-state index in [0.717, 1.165) is 22.5 Å². The second kappa shape index (κ2) is 7.56. The summed E-state index contributed by atoms with van der Waals surface area (Å²) in [6.45, 7) is -0.515. The van der Waals surface area contributed by atoms with E-state index in [-0.39, 0.29) is 45.7 Å². The molecule has 2 heterocycles. The Labute approximate surface area is 185 Å². The minimum absolute atomic E-state index is 0.0337. The molecule has 2 aliphatic rings. The Hall–Kier alpha value is -2.45. The molecular weight excluding hydrogens is 476 g/mol. The molecule has 0 saturated carbocycles. The van der Waals surface area contributed by atoms with Crippen molar-refractivity contribution >= 4 is 27.6 Å². The molecule has 6 N–H and O–H groups in total. The smallest absolute Gasteiger partial charge is 0.369 e. The third-order valence-electron chi connectivity index (χ3n) is 5.10. The predicted molar refractivity (Wildman–Crippen MR) is 109 cm³/mol. The fraction of sp³-hybridized carbons (Fsp3) is 0.278. The molecule has 0 radical (unpaired) electrons. The average molecular weight is 493 g/mol. The second-order valence-corrected chi connectivity index (χ2v) is 9.68. The summed E-state index contributed by atoms with van der Waals surface area (Å²) < 4.78 is 80.6. The number of nitrogens with one attached hydrogen (secondary N) is 2. The van der Waals surface area contributed by atoms with Crippen molar-refractivity contribution in [3.8, 4) is 11.1 Å². The maximum Gasteiger partial charge on any atom is 0.417 e. The van der Waals surface area contributed by atoms with Crippen molar-refractivity contribution < 1.29 is 26.0 Å². The second-order valence-electron chi connectivity index (χ2n) is 7.34. The number of alkyl halides is 4. The lowest BCUT2D eigenvalue weighted by Crippen LogP contribution is -2.51. The summed E-state index contributed by atoms with van der Waals surface area (Å²) in [5.74, 6) is -1.88. The van der Waals surface area contributed by atoms with E-state index in [0.29, 0.717) is 0 Å². The van der Waals surface area contributed by atoms with Crippen molar-refractivity contribution in [2.75, 3.05) is 13.1 Å². The van der Waals surface area contributed by atoms with Gasteiger partial charge in [-0.15, -0.1) is 0 Å². The summed E-state index contributed by atoms with van der Waals surface area (Å²) in [6.07, 6.45) is -6.05. The van der Waals surface area contributed by atoms with Crippen molar-refractivity contribution in [3.05, 3.63) is 52.5 Å². The van der Waals surface area contributed by atoms with Crippen LogP contribution in [0.2, 0.25) is 5.02 Å². The van der Waals surface area contributed by atoms with Gasteiger partial charge in [-0.2, -0.15) is 22.9 Å². The maximum absolute atomic E-state index is 13.9. The summed E-state index contributed by atoms with van der Waals surface area (Å²) in [6, 6.07) is 6.73. The molecule has 2 aromatic rings. The van der Waals surface area contributed by atoms with Gasteiger partial charge in [0.25, 0.3) is 0 Å². The first-order valence-electron chi connectivity index (χ1n) is 9.14. The van der Waals surface area contributed by atoms with Gasteiger partial charge in [0.2, 0.25) is 21.8 Å². The molecule has 0 amide bonds. The van der Waals surface area contributed by atoms with Gasteiger partial charge in [0, 0.05) is 29.2 Å². The molecule has 0 bridgehead atoms. The Morgan fingerprint density at radius 2 is 1.81 bits per heavy atom. The molecule has 1 unspecified atom stereocenters. The van der Waals surface area contributed by atoms with Crippen LogP contribution in [0, 0.1) is 0 Å². The average Bonchev–Trinajstić information content (AvgIpc) is 3.04. The van der Waals surface area contributed by atoms with Crippen LogP contribution in [-0.2, 0) is 22.0 Å². The quantitative estimate of drug-likeness (QED) is 0.483. The first kappa shape index (κ1) is 22.7. The molecule has 1 atom stereocenters. The lowest BCUT2D eigenvalue weighted by atomic mass is 9.95. The van der Waals surface area contributed by atoms with E-state index in [9.17, 15) is 26.0 Å². The minimum atomic E-state index is -4.81. The zero-order valence-corrected chi connectivity index (χ0v) is 17.7. The molecule has 32 heavy (non-hydrogen) atoms. The van der Waals surface area contributed by atoms with Crippen LogP contribution in [0.15, 0.2) is 46.3 Å². The lowest BCUT2D eigenvalue weighted by Gasteiger charge is -2.33. The highest BCUT2D eigenvalue weighted by molar-refractivity contribution is 7.89. The summed E-state index contributed by atoms with van der Waals surface area (Å²) in [4.78, 5) is 3.69. The SMILES string of the molecule is NC1=NC(N)(c2cc(Cl)c(-c3ccc(S(=O)(=O)N4CC(F)C4)cc3)c(C(F)(F)F)c2)NN1. The Kier molecular flexibility index (Phi) is 5.37. The lowest BCUT2D eigenvalue weighted by molar-refractivity contribution is -0.137. The van der Waals surface area contributed by atoms with E-state index in [1.807, 2.05) is 0 Å². The van der Waals surface area contributed by atoms with Gasteiger partial charge in [-0.3, -0.25) is 11.2 Å². The van der Waals surface area contributed by atoms with E-state index >= 15 is 0 Å². The number of guanidine groups is 1. The van der Waals surface area contributed by atoms with Gasteiger partial charge >= 0.3 is 6.18 Å². The molecule has 1 saturated heterocycles. The van der Waals surface area contributed by atoms with Crippen LogP contribution < -0.4 is 22.3 Å². The number of nitrogens with two attached hydrogens (primary N) is 2. The van der Waals surface area contributed by atoms with Crippen LogP contribution in [0.1, 0.15) is 11.1 Å². The number of benzene rings is 2. The first-order valence-corrected chi connectivity index (χ1v) is 11.0. The third-order valence-corrected chi connectivity index (χ3v) is 7.24. The molecule has 14 heteroatoms. The number of hydrazine groups is 1. The summed E-state index contributed by atoms with van der Waals surface area (Å²) in [5.41, 5.74) is 14.9. The fourth-order valence-electron chi connectivity index (χ4n) is 3.41. The van der Waals surface area contributed by atoms with E-state index in [1.54, 1.807) is 0 Å². The number of nitrogens with zero attached hydrogens (tertiary/aromatic N) is 2. The third kappa shape index (κ3) is 3.90. The molecule has 0 aromatic heterocycles. The van der Waals surface area contributed by atoms with Gasteiger partial charge in [-0.25, -0.2) is 17.8 Å². The van der Waals surface area contributed by atoms with Crippen LogP contribution in [0.3, 0.4) is 0 Å². The molecule has 2 aromatic carbocycles. The number of aliphatic imine (C=N–C) groups is 1. The Morgan fingerprint density at radius 3 is 2.31 bits per heavy atom. The number of rotatable bonds is 4. The standard InChI is InChI=1S/C18H17ClF4N6O2S/c19-14-6-10(18(25)26-16(24)27-28-18)5-13(17(21,22)23)15(14)9-1-3-12(4-2-9)32(30,31)29-7-11(20)8-29/h1-6,11,28H,7-8,25H2,(H3,24,26,27). The molecule has 4 rings (SSSR count). The molecular formula is C18H17ClF4N6O2S. The topological polar surface area (TPSA) is 126 Å². The molecule has 1 fully saturated rings. The van der Waals surface area contributed by atoms with E-state index in [2.05, 4.69) is 15.8 Å². The van der Waals surface area contributed by atoms with E-state index in [1.165, 1.54) is 18.2 Å². The van der Waals surface area contributed by atoms with E-state index in [4.69, 9.17) is 23.1 Å². The molecule has 0 aliphatic carbocycles. The Balaban J connectivity index is 1.77. The molecule has 172 valence electrons. The molecule has 8 nitrogen and oxygen atoms in total. The summed E-state index contributed by atoms with van der Waals surface area (Å²) in [7, 11) is -3.93. The fourth-order valence-corrected chi connectivity index (χ4v) is 5.24. The highest BCUT2D eigenvalue weighted by Crippen LogP contribution is 2.43. The highest BCUT2D eigenvalue weighted by Gasteiger charge is 2.40. The van der Waals surface area contributed by atoms with Crippen LogP contribution in [0.25, 0.3) is 11.1 Å². The zero-order chi connectivity index (χ0) is 23.5. The van der Waals surface area contributed by atoms with Crippen molar-refractivity contribution in [3.63, 3.8) is 0 Å². The number of hydrogen-bond donors (Lipinski definition) is 4. The molecule has 2 aliphatic heterocycles. The largest absolute Gasteiger partial charge is 0.417 e. The first-order chi connectivity index (χ1) is 14.8. The summed E-state index contributed by atoms with van der Waals surface area (Å²) in [5, 5.41) is -0.277. The number of halogens is 5. The van der Waals surface area contributed by atoms with Gasteiger partial charge in [0.05, 0.1) is 10.5 Å². The van der Waals surface area contributed by atoms with Crippen LogP contribution in [0.5, 0.6) is 0 Å².